The molecule has 158 valence electrons. The zero-order chi connectivity index (χ0) is 21.7. The minimum Gasteiger partial charge on any atom is -0.392 e. The van der Waals surface area contributed by atoms with Gasteiger partial charge in [0.2, 0.25) is 0 Å². The molecule has 0 bridgehead atoms. The van der Waals surface area contributed by atoms with Crippen LogP contribution in [0.25, 0.3) is 0 Å². The van der Waals surface area contributed by atoms with Crippen LogP contribution >= 0.6 is 12.9 Å². The van der Waals surface area contributed by atoms with Gasteiger partial charge in [-0.15, -0.1) is 4.55 Å². The number of halogens is 1. The van der Waals surface area contributed by atoms with E-state index < -0.39 is 6.10 Å². The first-order valence-electron chi connectivity index (χ1n) is 10.1. The molecule has 0 spiro atoms. The minimum absolute atomic E-state index is 0.0785. The molecule has 1 aromatic carbocycles. The molecule has 0 heterocycles. The van der Waals surface area contributed by atoms with Crippen LogP contribution in [0, 0.1) is 28.9 Å². The highest BCUT2D eigenvalue weighted by atomic mass is 79.9. The molecule has 0 radical (unpaired) electrons. The van der Waals surface area contributed by atoms with Gasteiger partial charge in [-0.3, -0.25) is 10.1 Å². The number of nitrogens with one attached hydrogen (secondary N) is 1. The number of rotatable bonds is 11. The first kappa shape index (κ1) is 27.6. The molecule has 0 aliphatic carbocycles. The van der Waals surface area contributed by atoms with E-state index in [0.717, 1.165) is 17.9 Å². The van der Waals surface area contributed by atoms with Crippen molar-refractivity contribution in [2.24, 2.45) is 17.6 Å². The van der Waals surface area contributed by atoms with Gasteiger partial charge in [0.05, 0.1) is 11.0 Å². The van der Waals surface area contributed by atoms with Crippen LogP contribution in [-0.4, -0.2) is 46.9 Å². The molecule has 2 atom stereocenters. The zero-order valence-corrected chi connectivity index (χ0v) is 21.0. The van der Waals surface area contributed by atoms with Crippen LogP contribution in [0.15, 0.2) is 18.2 Å². The van der Waals surface area contributed by atoms with Gasteiger partial charge in [-0.1, -0.05) is 39.7 Å². The SMILES string of the molecule is CC(C)[CH2][Mg][Br].Cc1ccc([N+](=O)[O-])c(NCCCC(N)C(O)CC(C)C)c1. The Morgan fingerprint density at radius 1 is 1.29 bits per heavy atom. The second kappa shape index (κ2) is 15.4. The van der Waals surface area contributed by atoms with E-state index in [-0.39, 0.29) is 34.8 Å². The normalized spacial score (nSPS) is 12.8. The molecule has 0 aliphatic rings. The first-order chi connectivity index (χ1) is 13.1. The molecule has 4 N–H and O–H groups in total. The molecule has 0 aromatic heterocycles. The highest BCUT2D eigenvalue weighted by Gasteiger charge is 2.16. The number of anilines is 1. The maximum absolute atomic E-state index is 11.0. The number of nitrogens with zero attached hydrogens (tertiary/aromatic N) is 1. The average Bonchev–Trinajstić information content (AvgIpc) is 2.58. The van der Waals surface area contributed by atoms with Gasteiger partial charge < -0.3 is 29.0 Å². The topological polar surface area (TPSA) is 101 Å². The molecule has 1 aromatic rings. The maximum atomic E-state index is 11.0. The monoisotopic (exact) mass is 469 g/mol. The fraction of sp³-hybridized carbons (Fsp3) is 0.700. The van der Waals surface area contributed by atoms with Crippen LogP contribution in [0.2, 0.25) is 4.55 Å². The second-order valence-corrected chi connectivity index (χ2v) is 11.4. The Kier molecular flexibility index (Phi) is 15.2. The number of nitro benzene ring substituents is 1. The average molecular weight is 471 g/mol. The highest BCUT2D eigenvalue weighted by molar-refractivity contribution is 9.23. The number of hydrogen-bond acceptors (Lipinski definition) is 5. The summed E-state index contributed by atoms with van der Waals surface area (Å²) >= 11 is 3.67. The number of benzene rings is 1. The molecule has 0 aliphatic heterocycles. The summed E-state index contributed by atoms with van der Waals surface area (Å²) < 4.78 is 1.43. The van der Waals surface area contributed by atoms with Crippen molar-refractivity contribution in [3.63, 3.8) is 0 Å². The summed E-state index contributed by atoms with van der Waals surface area (Å²) in [5, 5.41) is 24.0. The van der Waals surface area contributed by atoms with E-state index in [9.17, 15) is 15.2 Å². The quantitative estimate of drug-likeness (QED) is 0.185. The van der Waals surface area contributed by atoms with Gasteiger partial charge in [0.25, 0.3) is 5.69 Å². The summed E-state index contributed by atoms with van der Waals surface area (Å²) in [5.41, 5.74) is 7.54. The lowest BCUT2D eigenvalue weighted by molar-refractivity contribution is -0.384. The molecule has 0 saturated carbocycles. The summed E-state index contributed by atoms with van der Waals surface area (Å²) in [6.07, 6.45) is 1.63. The Labute approximate surface area is 185 Å². The van der Waals surface area contributed by atoms with E-state index in [0.29, 0.717) is 31.0 Å². The first-order valence-corrected chi connectivity index (χ1v) is 15.0. The second-order valence-electron chi connectivity index (χ2n) is 8.08. The fourth-order valence-corrected chi connectivity index (χ4v) is 5.76. The lowest BCUT2D eigenvalue weighted by atomic mass is 9.97. The number of aliphatic hydroxyl groups is 1. The van der Waals surface area contributed by atoms with Crippen LogP contribution < -0.4 is 11.1 Å². The molecule has 8 heteroatoms. The van der Waals surface area contributed by atoms with Crippen LogP contribution in [0.3, 0.4) is 0 Å². The molecule has 0 saturated heterocycles. The van der Waals surface area contributed by atoms with Crippen LogP contribution in [0.5, 0.6) is 0 Å². The van der Waals surface area contributed by atoms with E-state index in [1.807, 2.05) is 20.8 Å². The summed E-state index contributed by atoms with van der Waals surface area (Å²) in [6.45, 7) is 11.1. The van der Waals surface area contributed by atoms with Crippen molar-refractivity contribution >= 4 is 42.5 Å². The number of aliphatic hydroxyl groups excluding tert-OH is 1. The van der Waals surface area contributed by atoms with Gasteiger partial charge in [-0.2, -0.15) is 0 Å². The van der Waals surface area contributed by atoms with E-state index in [1.165, 1.54) is 10.6 Å². The van der Waals surface area contributed by atoms with Crippen molar-refractivity contribution in [3.05, 3.63) is 33.9 Å². The van der Waals surface area contributed by atoms with E-state index >= 15 is 0 Å². The molecule has 6 nitrogen and oxygen atoms in total. The standard InChI is InChI=1S/C16H27N3O3.C4H9.BrH.Mg/c1-11(2)9-16(20)13(17)5-4-8-18-14-10-12(3)6-7-15(14)19(21)22;1-4(2)3;;/h6-7,10-11,13,16,18,20H,4-5,8-9,17H2,1-3H3;4H,1H2,2-3H3;1H;/q;;;+1/p-1. The summed E-state index contributed by atoms with van der Waals surface area (Å²) in [7, 11) is 0. The summed E-state index contributed by atoms with van der Waals surface area (Å²) in [6, 6.07) is 4.75. The highest BCUT2D eigenvalue weighted by Crippen LogP contribution is 2.25. The molecule has 1 rings (SSSR count). The Balaban J connectivity index is 0.00000105. The maximum Gasteiger partial charge on any atom is 0.468 e. The zero-order valence-electron chi connectivity index (χ0n) is 18.0. The molecular formula is C20H36BrMgN3O3. The third kappa shape index (κ3) is 12.9. The number of hydrogen-bond donors (Lipinski definition) is 3. The van der Waals surface area contributed by atoms with Crippen molar-refractivity contribution in [2.45, 2.75) is 70.6 Å². The molecule has 2 unspecified atom stereocenters. The van der Waals surface area contributed by atoms with Crippen molar-refractivity contribution in [2.75, 3.05) is 11.9 Å². The van der Waals surface area contributed by atoms with Crippen molar-refractivity contribution in [1.29, 1.82) is 0 Å². The van der Waals surface area contributed by atoms with Gasteiger partial charge in [-0.05, 0) is 43.7 Å². The van der Waals surface area contributed by atoms with Gasteiger partial charge >= 0.3 is 18.2 Å². The van der Waals surface area contributed by atoms with Gasteiger partial charge in [0.15, 0.2) is 0 Å². The lowest BCUT2D eigenvalue weighted by Gasteiger charge is -2.20. The van der Waals surface area contributed by atoms with Gasteiger partial charge in [0, 0.05) is 18.7 Å². The lowest BCUT2D eigenvalue weighted by Crippen LogP contribution is -2.35. The van der Waals surface area contributed by atoms with E-state index in [1.54, 1.807) is 12.1 Å². The molecule has 0 amide bonds. The Morgan fingerprint density at radius 2 is 1.93 bits per heavy atom. The van der Waals surface area contributed by atoms with Crippen molar-refractivity contribution in [1.82, 2.24) is 0 Å². The summed E-state index contributed by atoms with van der Waals surface area (Å²) in [4.78, 5) is 10.6. The number of aryl methyl sites for hydroxylation is 1. The summed E-state index contributed by atoms with van der Waals surface area (Å²) in [5.74, 6) is 1.32. The minimum atomic E-state index is -0.492. The fourth-order valence-electron chi connectivity index (χ4n) is 2.58. The van der Waals surface area contributed by atoms with E-state index in [4.69, 9.17) is 5.73 Å². The number of nitro groups is 1. The van der Waals surface area contributed by atoms with Gasteiger partial charge in [0.1, 0.15) is 5.69 Å². The third-order valence-electron chi connectivity index (χ3n) is 4.27. The Morgan fingerprint density at radius 3 is 2.39 bits per heavy atom. The third-order valence-corrected chi connectivity index (χ3v) is 7.02. The van der Waals surface area contributed by atoms with Gasteiger partial charge in [-0.25, -0.2) is 0 Å². The predicted octanol–water partition coefficient (Wildman–Crippen LogP) is 4.90. The predicted molar refractivity (Wildman–Crippen MR) is 123 cm³/mol. The Hall–Kier alpha value is -0.414. The van der Waals surface area contributed by atoms with Crippen LogP contribution in [-0.2, 0) is 0 Å². The smallest absolute Gasteiger partial charge is 0.392 e. The molecule has 28 heavy (non-hydrogen) atoms. The van der Waals surface area contributed by atoms with Crippen LogP contribution in [0.1, 0.15) is 52.5 Å². The number of nitrogens with two attached hydrogens (primary N) is 1. The van der Waals surface area contributed by atoms with Crippen LogP contribution in [0.4, 0.5) is 11.4 Å². The molecule has 0 fully saturated rings. The van der Waals surface area contributed by atoms with E-state index in [2.05, 4.69) is 32.0 Å². The van der Waals surface area contributed by atoms with Crippen molar-refractivity contribution in [3.8, 4) is 0 Å². The largest absolute Gasteiger partial charge is 0.468 e. The Bertz CT molecular complexity index is 574. The molecular weight excluding hydrogens is 434 g/mol. The van der Waals surface area contributed by atoms with Crippen molar-refractivity contribution < 1.29 is 10.0 Å².